The van der Waals surface area contributed by atoms with Gasteiger partial charge >= 0.3 is 5.97 Å². The zero-order valence-electron chi connectivity index (χ0n) is 10.4. The van der Waals surface area contributed by atoms with Gasteiger partial charge in [-0.15, -0.1) is 0 Å². The van der Waals surface area contributed by atoms with Gasteiger partial charge in [0.15, 0.2) is 0 Å². The second-order valence-corrected chi connectivity index (χ2v) is 4.47. The van der Waals surface area contributed by atoms with Gasteiger partial charge in [0.2, 0.25) is 0 Å². The van der Waals surface area contributed by atoms with E-state index in [-0.39, 0.29) is 12.2 Å². The molecule has 1 aromatic rings. The summed E-state index contributed by atoms with van der Waals surface area (Å²) < 4.78 is 5.69. The largest absolute Gasteiger partial charge is 0.478 e. The number of carbonyl (C=O) groups is 1. The number of fused-ring (bicyclic) bond motifs is 1. The van der Waals surface area contributed by atoms with Crippen LogP contribution in [0.2, 0.25) is 0 Å². The van der Waals surface area contributed by atoms with Crippen molar-refractivity contribution in [3.8, 4) is 0 Å². The number of aromatic nitrogens is 1. The van der Waals surface area contributed by atoms with E-state index >= 15 is 0 Å². The van der Waals surface area contributed by atoms with Crippen molar-refractivity contribution in [3.63, 3.8) is 0 Å². The molecule has 2 heterocycles. The molecule has 4 heteroatoms. The van der Waals surface area contributed by atoms with Crippen molar-refractivity contribution in [3.05, 3.63) is 28.6 Å². The van der Waals surface area contributed by atoms with Gasteiger partial charge in [0.05, 0.1) is 23.5 Å². The number of hydrogen-bond donors (Lipinski definition) is 1. The number of carboxylic acid groups (broad SMARTS) is 1. The lowest BCUT2D eigenvalue weighted by Gasteiger charge is -2.28. The lowest BCUT2D eigenvalue weighted by atomic mass is 9.97. The first-order valence-corrected chi connectivity index (χ1v) is 5.94. The van der Waals surface area contributed by atoms with Crippen molar-refractivity contribution >= 4 is 5.97 Å². The molecule has 2 unspecified atom stereocenters. The van der Waals surface area contributed by atoms with Gasteiger partial charge in [-0.3, -0.25) is 4.98 Å². The van der Waals surface area contributed by atoms with E-state index in [1.54, 1.807) is 6.07 Å². The standard InChI is InChI=1S/C13H17NO3/c1-4-11-10(13(15)16)6-9-8(3)17-7(2)5-12(9)14-11/h6-8H,4-5H2,1-3H3,(H,15,16). The van der Waals surface area contributed by atoms with Crippen LogP contribution in [0.25, 0.3) is 0 Å². The molecule has 0 bridgehead atoms. The Hall–Kier alpha value is -1.42. The lowest BCUT2D eigenvalue weighted by molar-refractivity contribution is -0.00605. The molecule has 17 heavy (non-hydrogen) atoms. The molecule has 4 nitrogen and oxygen atoms in total. The van der Waals surface area contributed by atoms with Crippen LogP contribution in [0.5, 0.6) is 0 Å². The smallest absolute Gasteiger partial charge is 0.337 e. The Morgan fingerprint density at radius 3 is 2.88 bits per heavy atom. The molecule has 0 aromatic carbocycles. The van der Waals surface area contributed by atoms with E-state index in [0.29, 0.717) is 17.7 Å². The van der Waals surface area contributed by atoms with Gasteiger partial charge < -0.3 is 9.84 Å². The monoisotopic (exact) mass is 235 g/mol. The van der Waals surface area contributed by atoms with Gasteiger partial charge in [0.1, 0.15) is 0 Å². The molecule has 0 spiro atoms. The van der Waals surface area contributed by atoms with E-state index in [4.69, 9.17) is 9.84 Å². The third-order valence-electron chi connectivity index (χ3n) is 3.13. The summed E-state index contributed by atoms with van der Waals surface area (Å²) in [6, 6.07) is 1.72. The molecule has 2 rings (SSSR count). The van der Waals surface area contributed by atoms with Gasteiger partial charge in [0.25, 0.3) is 0 Å². The van der Waals surface area contributed by atoms with Crippen LogP contribution in [-0.2, 0) is 17.6 Å². The van der Waals surface area contributed by atoms with Crippen molar-refractivity contribution in [2.24, 2.45) is 0 Å². The number of aromatic carboxylic acids is 1. The van der Waals surface area contributed by atoms with E-state index in [9.17, 15) is 4.79 Å². The maximum absolute atomic E-state index is 11.2. The highest BCUT2D eigenvalue weighted by atomic mass is 16.5. The first-order valence-electron chi connectivity index (χ1n) is 5.94. The number of carboxylic acids is 1. The van der Waals surface area contributed by atoms with E-state index in [1.807, 2.05) is 20.8 Å². The minimum atomic E-state index is -0.914. The molecular weight excluding hydrogens is 218 g/mol. The molecule has 0 fully saturated rings. The van der Waals surface area contributed by atoms with Crippen LogP contribution in [0.15, 0.2) is 6.07 Å². The molecular formula is C13H17NO3. The van der Waals surface area contributed by atoms with Gasteiger partial charge in [0, 0.05) is 17.7 Å². The number of pyridine rings is 1. The second kappa shape index (κ2) is 4.45. The summed E-state index contributed by atoms with van der Waals surface area (Å²) in [5.74, 6) is -0.914. The summed E-state index contributed by atoms with van der Waals surface area (Å²) in [5.41, 5.74) is 2.87. The summed E-state index contributed by atoms with van der Waals surface area (Å²) >= 11 is 0. The van der Waals surface area contributed by atoms with Crippen LogP contribution < -0.4 is 0 Å². The number of hydrogen-bond acceptors (Lipinski definition) is 3. The topological polar surface area (TPSA) is 59.4 Å². The zero-order chi connectivity index (χ0) is 12.6. The highest BCUT2D eigenvalue weighted by Gasteiger charge is 2.25. The predicted octanol–water partition coefficient (Wildman–Crippen LogP) is 2.36. The summed E-state index contributed by atoms with van der Waals surface area (Å²) in [5, 5.41) is 9.16. The number of aryl methyl sites for hydroxylation is 1. The molecule has 0 amide bonds. The lowest BCUT2D eigenvalue weighted by Crippen LogP contribution is -2.24. The van der Waals surface area contributed by atoms with Gasteiger partial charge in [-0.05, 0) is 26.3 Å². The zero-order valence-corrected chi connectivity index (χ0v) is 10.4. The molecule has 0 saturated carbocycles. The number of ether oxygens (including phenoxy) is 1. The molecule has 92 valence electrons. The summed E-state index contributed by atoms with van der Waals surface area (Å²) in [6.07, 6.45) is 1.46. The van der Waals surface area contributed by atoms with Gasteiger partial charge in [-0.1, -0.05) is 6.92 Å². The Morgan fingerprint density at radius 1 is 1.59 bits per heavy atom. The van der Waals surface area contributed by atoms with Crippen molar-refractivity contribution < 1.29 is 14.6 Å². The summed E-state index contributed by atoms with van der Waals surface area (Å²) in [7, 11) is 0. The average Bonchev–Trinajstić information content (AvgIpc) is 2.26. The fourth-order valence-electron chi connectivity index (χ4n) is 2.32. The Bertz CT molecular complexity index is 456. The van der Waals surface area contributed by atoms with Gasteiger partial charge in [-0.25, -0.2) is 4.79 Å². The fraction of sp³-hybridized carbons (Fsp3) is 0.538. The Balaban J connectivity index is 2.54. The molecule has 1 N–H and O–H groups in total. The quantitative estimate of drug-likeness (QED) is 0.854. The first-order chi connectivity index (χ1) is 8.02. The van der Waals surface area contributed by atoms with Gasteiger partial charge in [-0.2, -0.15) is 0 Å². The first kappa shape index (κ1) is 12.0. The van der Waals surface area contributed by atoms with Crippen molar-refractivity contribution in [2.75, 3.05) is 0 Å². The van der Waals surface area contributed by atoms with E-state index in [1.165, 1.54) is 0 Å². The molecule has 1 aliphatic rings. The summed E-state index contributed by atoms with van der Waals surface area (Å²) in [6.45, 7) is 5.87. The molecule has 0 aliphatic carbocycles. The summed E-state index contributed by atoms with van der Waals surface area (Å²) in [4.78, 5) is 15.6. The third kappa shape index (κ3) is 2.17. The molecule has 1 aromatic heterocycles. The van der Waals surface area contributed by atoms with Crippen LogP contribution in [0.4, 0.5) is 0 Å². The third-order valence-corrected chi connectivity index (χ3v) is 3.13. The van der Waals surface area contributed by atoms with Crippen LogP contribution in [0, 0.1) is 0 Å². The van der Waals surface area contributed by atoms with Crippen LogP contribution in [-0.4, -0.2) is 22.2 Å². The second-order valence-electron chi connectivity index (χ2n) is 4.47. The SMILES string of the molecule is CCc1nc2c(cc1C(=O)O)C(C)OC(C)C2. The van der Waals surface area contributed by atoms with E-state index in [2.05, 4.69) is 4.98 Å². The Kier molecular flexibility index (Phi) is 3.15. The van der Waals surface area contributed by atoms with E-state index < -0.39 is 5.97 Å². The highest BCUT2D eigenvalue weighted by Crippen LogP contribution is 2.30. The number of rotatable bonds is 2. The van der Waals surface area contributed by atoms with Crippen molar-refractivity contribution in [2.45, 2.75) is 45.8 Å². The van der Waals surface area contributed by atoms with E-state index in [0.717, 1.165) is 17.7 Å². The van der Waals surface area contributed by atoms with Crippen molar-refractivity contribution in [1.29, 1.82) is 0 Å². The molecule has 0 radical (unpaired) electrons. The normalized spacial score (nSPS) is 23.2. The average molecular weight is 235 g/mol. The molecule has 2 atom stereocenters. The van der Waals surface area contributed by atoms with Crippen molar-refractivity contribution in [1.82, 2.24) is 4.98 Å². The fourth-order valence-corrected chi connectivity index (χ4v) is 2.32. The van der Waals surface area contributed by atoms with Crippen LogP contribution in [0.1, 0.15) is 54.2 Å². The predicted molar refractivity (Wildman–Crippen MR) is 63.2 cm³/mol. The maximum atomic E-state index is 11.2. The molecule has 0 saturated heterocycles. The minimum absolute atomic E-state index is 0.0785. The molecule has 1 aliphatic heterocycles. The Morgan fingerprint density at radius 2 is 2.29 bits per heavy atom. The minimum Gasteiger partial charge on any atom is -0.478 e. The Labute approximate surface area is 101 Å². The highest BCUT2D eigenvalue weighted by molar-refractivity contribution is 5.89. The van der Waals surface area contributed by atoms with Crippen LogP contribution in [0.3, 0.4) is 0 Å². The number of nitrogens with zero attached hydrogens (tertiary/aromatic N) is 1. The van der Waals surface area contributed by atoms with Crippen LogP contribution >= 0.6 is 0 Å². The maximum Gasteiger partial charge on any atom is 0.337 e.